The number of aromatic nitrogens is 1. The molecule has 0 saturated heterocycles. The summed E-state index contributed by atoms with van der Waals surface area (Å²) < 4.78 is 34.6. The normalized spacial score (nSPS) is 26.5. The zero-order chi connectivity index (χ0) is 14.3. The summed E-state index contributed by atoms with van der Waals surface area (Å²) in [7, 11) is -1.80. The summed E-state index contributed by atoms with van der Waals surface area (Å²) in [5, 5.41) is 0. The van der Waals surface area contributed by atoms with Gasteiger partial charge in [-0.3, -0.25) is 0 Å². The van der Waals surface area contributed by atoms with Gasteiger partial charge in [0.1, 0.15) is 0 Å². The third-order valence-corrected chi connectivity index (χ3v) is 5.60. The molecule has 1 aromatic rings. The Morgan fingerprint density at radius 3 is 2.70 bits per heavy atom. The lowest BCUT2D eigenvalue weighted by atomic mass is 9.90. The Hall–Kier alpha value is -0.890. The van der Waals surface area contributed by atoms with Crippen molar-refractivity contribution in [3.05, 3.63) is 18.0 Å². The van der Waals surface area contributed by atoms with Crippen molar-refractivity contribution in [2.75, 3.05) is 7.11 Å². The van der Waals surface area contributed by atoms with E-state index in [0.717, 1.165) is 31.4 Å². The van der Waals surface area contributed by atoms with Crippen LogP contribution < -0.4 is 10.5 Å². The first-order valence-electron chi connectivity index (χ1n) is 6.99. The smallest absolute Gasteiger partial charge is 0.242 e. The minimum absolute atomic E-state index is 0.0180. The summed E-state index contributed by atoms with van der Waals surface area (Å²) in [6.07, 6.45) is 5.58. The molecular formula is C13H21N3O3S. The monoisotopic (exact) mass is 299 g/mol. The molecule has 0 atom stereocenters. The molecule has 7 heteroatoms. The van der Waals surface area contributed by atoms with E-state index in [0.29, 0.717) is 17.5 Å². The number of nitrogens with one attached hydrogen (secondary N) is 1. The molecule has 0 amide bonds. The predicted octanol–water partition coefficient (Wildman–Crippen LogP) is 0.737. The van der Waals surface area contributed by atoms with Crippen LogP contribution in [0.2, 0.25) is 0 Å². The van der Waals surface area contributed by atoms with Crippen molar-refractivity contribution in [3.63, 3.8) is 0 Å². The van der Waals surface area contributed by atoms with E-state index >= 15 is 0 Å². The maximum atomic E-state index is 12.3. The Bertz CT molecular complexity index is 586. The Kier molecular flexibility index (Phi) is 3.62. The Labute approximate surface area is 119 Å². The molecule has 0 unspecified atom stereocenters. The molecule has 2 fully saturated rings. The fraction of sp³-hybridized carbons (Fsp3) is 0.692. The van der Waals surface area contributed by atoms with Gasteiger partial charge in [-0.05, 0) is 31.7 Å². The lowest BCUT2D eigenvalue weighted by Gasteiger charge is -2.34. The van der Waals surface area contributed by atoms with Gasteiger partial charge in [-0.1, -0.05) is 0 Å². The number of nitrogens with zero attached hydrogens (tertiary/aromatic N) is 1. The highest BCUT2D eigenvalue weighted by molar-refractivity contribution is 7.89. The quantitative estimate of drug-likeness (QED) is 0.811. The van der Waals surface area contributed by atoms with Crippen molar-refractivity contribution in [3.8, 4) is 0 Å². The van der Waals surface area contributed by atoms with Crippen molar-refractivity contribution in [2.24, 2.45) is 5.73 Å². The summed E-state index contributed by atoms with van der Waals surface area (Å²) in [6, 6.07) is 2.10. The fourth-order valence-corrected chi connectivity index (χ4v) is 3.95. The third-order valence-electron chi connectivity index (χ3n) is 4.12. The maximum Gasteiger partial charge on any atom is 0.242 e. The van der Waals surface area contributed by atoms with Crippen LogP contribution >= 0.6 is 0 Å². The lowest BCUT2D eigenvalue weighted by Crippen LogP contribution is -2.47. The van der Waals surface area contributed by atoms with Crippen LogP contribution in [0, 0.1) is 0 Å². The average molecular weight is 299 g/mol. The Balaban J connectivity index is 1.74. The summed E-state index contributed by atoms with van der Waals surface area (Å²) >= 11 is 0. The molecule has 2 saturated carbocycles. The minimum Gasteiger partial charge on any atom is -0.381 e. The molecule has 112 valence electrons. The first kappa shape index (κ1) is 14.1. The topological polar surface area (TPSA) is 86.3 Å². The maximum absolute atomic E-state index is 12.3. The highest BCUT2D eigenvalue weighted by Crippen LogP contribution is 2.37. The number of nitrogens with two attached hydrogens (primary N) is 1. The molecule has 1 aromatic heterocycles. The molecule has 3 N–H and O–H groups in total. The first-order chi connectivity index (χ1) is 9.53. The number of methoxy groups -OCH3 is 1. The van der Waals surface area contributed by atoms with Gasteiger partial charge in [-0.25, -0.2) is 13.1 Å². The van der Waals surface area contributed by atoms with Crippen LogP contribution in [-0.2, 0) is 21.3 Å². The number of ether oxygens (including phenoxy) is 1. The Morgan fingerprint density at radius 2 is 2.15 bits per heavy atom. The summed E-state index contributed by atoms with van der Waals surface area (Å²) in [5.41, 5.74) is 6.58. The van der Waals surface area contributed by atoms with Crippen LogP contribution in [0.3, 0.4) is 0 Å². The minimum atomic E-state index is -3.45. The van der Waals surface area contributed by atoms with Crippen LogP contribution in [0.15, 0.2) is 17.2 Å². The van der Waals surface area contributed by atoms with Gasteiger partial charge in [0, 0.05) is 37.6 Å². The van der Waals surface area contributed by atoms with Gasteiger partial charge < -0.3 is 15.0 Å². The molecular weight excluding hydrogens is 278 g/mol. The van der Waals surface area contributed by atoms with E-state index < -0.39 is 10.0 Å². The second-order valence-corrected chi connectivity index (χ2v) is 7.37. The van der Waals surface area contributed by atoms with Gasteiger partial charge in [0.25, 0.3) is 0 Å². The SMILES string of the molecule is COC1CC(NS(=O)(=O)c2cc(CN)n(C3CC3)c2)C1. The number of hydrogen-bond acceptors (Lipinski definition) is 4. The second-order valence-electron chi connectivity index (χ2n) is 5.66. The van der Waals surface area contributed by atoms with Crippen molar-refractivity contribution in [2.45, 2.75) is 55.3 Å². The lowest BCUT2D eigenvalue weighted by molar-refractivity contribution is 0.0236. The number of sulfonamides is 1. The van der Waals surface area contributed by atoms with E-state index in [2.05, 4.69) is 4.72 Å². The van der Waals surface area contributed by atoms with E-state index in [-0.39, 0.29) is 12.1 Å². The van der Waals surface area contributed by atoms with Crippen LogP contribution in [-0.4, -0.2) is 32.2 Å². The van der Waals surface area contributed by atoms with E-state index in [9.17, 15) is 8.42 Å². The van der Waals surface area contributed by atoms with Crippen LogP contribution in [0.5, 0.6) is 0 Å². The second kappa shape index (κ2) is 5.14. The molecule has 0 radical (unpaired) electrons. The summed E-state index contributed by atoms with van der Waals surface area (Å²) in [6.45, 7) is 0.362. The zero-order valence-electron chi connectivity index (χ0n) is 11.6. The van der Waals surface area contributed by atoms with E-state index in [1.807, 2.05) is 4.57 Å². The van der Waals surface area contributed by atoms with Gasteiger partial charge >= 0.3 is 0 Å². The highest BCUT2D eigenvalue weighted by Gasteiger charge is 2.34. The van der Waals surface area contributed by atoms with Gasteiger partial charge in [-0.15, -0.1) is 0 Å². The van der Waals surface area contributed by atoms with E-state index in [1.165, 1.54) is 0 Å². The van der Waals surface area contributed by atoms with Crippen LogP contribution in [0.4, 0.5) is 0 Å². The van der Waals surface area contributed by atoms with Gasteiger partial charge in [0.05, 0.1) is 11.0 Å². The molecule has 0 bridgehead atoms. The van der Waals surface area contributed by atoms with Crippen molar-refractivity contribution in [1.82, 2.24) is 9.29 Å². The van der Waals surface area contributed by atoms with E-state index in [4.69, 9.17) is 10.5 Å². The highest BCUT2D eigenvalue weighted by atomic mass is 32.2. The number of hydrogen-bond donors (Lipinski definition) is 2. The largest absolute Gasteiger partial charge is 0.381 e. The van der Waals surface area contributed by atoms with E-state index in [1.54, 1.807) is 19.4 Å². The van der Waals surface area contributed by atoms with Crippen molar-refractivity contribution < 1.29 is 13.2 Å². The van der Waals surface area contributed by atoms with Crippen molar-refractivity contribution in [1.29, 1.82) is 0 Å². The molecule has 0 spiro atoms. The third kappa shape index (κ3) is 2.63. The van der Waals surface area contributed by atoms with Gasteiger partial charge in [0.2, 0.25) is 10.0 Å². The molecule has 2 aliphatic carbocycles. The summed E-state index contributed by atoms with van der Waals surface area (Å²) in [5.74, 6) is 0. The molecule has 6 nitrogen and oxygen atoms in total. The molecule has 20 heavy (non-hydrogen) atoms. The fourth-order valence-electron chi connectivity index (χ4n) is 2.64. The van der Waals surface area contributed by atoms with Crippen LogP contribution in [0.25, 0.3) is 0 Å². The zero-order valence-corrected chi connectivity index (χ0v) is 12.4. The molecule has 3 rings (SSSR count). The molecule has 0 aromatic carbocycles. The molecule has 2 aliphatic rings. The van der Waals surface area contributed by atoms with Crippen molar-refractivity contribution >= 4 is 10.0 Å². The predicted molar refractivity (Wildman–Crippen MR) is 74.7 cm³/mol. The Morgan fingerprint density at radius 1 is 1.45 bits per heavy atom. The van der Waals surface area contributed by atoms with Crippen LogP contribution in [0.1, 0.15) is 37.4 Å². The summed E-state index contributed by atoms with van der Waals surface area (Å²) in [4.78, 5) is 0.325. The van der Waals surface area contributed by atoms with Gasteiger partial charge in [-0.2, -0.15) is 0 Å². The molecule has 1 heterocycles. The average Bonchev–Trinajstić information content (AvgIpc) is 3.12. The first-order valence-corrected chi connectivity index (χ1v) is 8.47. The number of rotatable bonds is 6. The van der Waals surface area contributed by atoms with Gasteiger partial charge in [0.15, 0.2) is 0 Å². The molecule has 0 aliphatic heterocycles. The standard InChI is InChI=1S/C13H21N3O3S/c1-19-12-4-9(5-12)15-20(17,18)13-6-11(7-14)16(8-13)10-2-3-10/h6,8-10,12,15H,2-5,7,14H2,1H3.